The number of nitrogens with zero attached hydrogens (tertiary/aromatic N) is 2. The number of hydrogen-bond donors (Lipinski definition) is 1. The Morgan fingerprint density at radius 2 is 1.66 bits per heavy atom. The lowest BCUT2D eigenvalue weighted by molar-refractivity contribution is -0.142. The standard InChI is InChI=1S/C29H23F3N2O6S/c1-17(35)15-33-16-24(28(37)38)34-25(36)14-21(12-19-8-4-7-18-6-2-3-11-23(18)19)26(27(34)41(33,39)40)20-9-5-10-22(13-20)29(30,31)32/h2-11,13-14,24H,12,15-16H2,1H3,(H,37,38). The fourth-order valence-corrected chi connectivity index (χ4v) is 7.14. The van der Waals surface area contributed by atoms with Crippen molar-refractivity contribution in [2.45, 2.75) is 30.6 Å². The monoisotopic (exact) mass is 584 g/mol. The molecule has 3 aromatic carbocycles. The van der Waals surface area contributed by atoms with Crippen LogP contribution in [0.1, 0.15) is 29.7 Å². The first-order valence-electron chi connectivity index (χ1n) is 12.4. The zero-order chi connectivity index (χ0) is 29.7. The third kappa shape index (κ3) is 5.16. The number of halogens is 3. The number of benzene rings is 3. The maximum atomic E-state index is 14.0. The average Bonchev–Trinajstić information content (AvgIpc) is 2.90. The molecule has 0 saturated carbocycles. The second-order valence-electron chi connectivity index (χ2n) is 9.81. The molecular formula is C29H23F3N2O6S. The van der Waals surface area contributed by atoms with Gasteiger partial charge in [0.1, 0.15) is 11.8 Å². The molecule has 0 radical (unpaired) electrons. The van der Waals surface area contributed by atoms with E-state index in [0.717, 1.165) is 42.0 Å². The molecule has 5 rings (SSSR count). The number of carboxylic acid groups (broad SMARTS) is 1. The minimum absolute atomic E-state index is 0.0457. The van der Waals surface area contributed by atoms with Crippen LogP contribution in [-0.4, -0.2) is 47.2 Å². The second kappa shape index (κ2) is 10.3. The average molecular weight is 585 g/mol. The Morgan fingerprint density at radius 1 is 0.976 bits per heavy atom. The van der Waals surface area contributed by atoms with Crippen LogP contribution in [0.25, 0.3) is 21.9 Å². The van der Waals surface area contributed by atoms with Gasteiger partial charge in [-0.05, 0) is 52.9 Å². The molecule has 0 aliphatic carbocycles. The molecule has 2 heterocycles. The summed E-state index contributed by atoms with van der Waals surface area (Å²) in [5, 5.41) is 10.8. The molecule has 1 unspecified atom stereocenters. The number of sulfonamides is 1. The SMILES string of the molecule is CC(=O)CN1CC(C(=O)O)n2c(c(-c3cccc(C(F)(F)F)c3)c(Cc3cccc4ccccc34)cc2=O)S1(=O)=O. The number of carboxylic acids is 1. The Morgan fingerprint density at radius 3 is 2.34 bits per heavy atom. The Bertz CT molecular complexity index is 1880. The van der Waals surface area contributed by atoms with Crippen molar-refractivity contribution < 1.29 is 36.3 Å². The molecule has 0 saturated heterocycles. The molecule has 41 heavy (non-hydrogen) atoms. The molecule has 1 N–H and O–H groups in total. The van der Waals surface area contributed by atoms with Gasteiger partial charge < -0.3 is 5.11 Å². The van der Waals surface area contributed by atoms with Gasteiger partial charge in [0.25, 0.3) is 15.6 Å². The van der Waals surface area contributed by atoms with E-state index < -0.39 is 63.2 Å². The fraction of sp³-hybridized carbons (Fsp3) is 0.207. The largest absolute Gasteiger partial charge is 0.480 e. The van der Waals surface area contributed by atoms with E-state index in [9.17, 15) is 41.1 Å². The topological polar surface area (TPSA) is 114 Å². The van der Waals surface area contributed by atoms with Crippen molar-refractivity contribution in [2.24, 2.45) is 0 Å². The van der Waals surface area contributed by atoms with Gasteiger partial charge in [-0.15, -0.1) is 0 Å². The van der Waals surface area contributed by atoms with Crippen LogP contribution in [0.15, 0.2) is 82.6 Å². The highest BCUT2D eigenvalue weighted by Gasteiger charge is 2.44. The van der Waals surface area contributed by atoms with Crippen LogP contribution >= 0.6 is 0 Å². The molecule has 8 nitrogen and oxygen atoms in total. The molecule has 1 atom stereocenters. The molecule has 0 spiro atoms. The number of rotatable bonds is 6. The highest BCUT2D eigenvalue weighted by Crippen LogP contribution is 2.40. The maximum absolute atomic E-state index is 14.0. The van der Waals surface area contributed by atoms with Crippen LogP contribution in [0.3, 0.4) is 0 Å². The highest BCUT2D eigenvalue weighted by atomic mass is 32.2. The fourth-order valence-electron chi connectivity index (χ4n) is 5.23. The lowest BCUT2D eigenvalue weighted by Gasteiger charge is -2.34. The van der Waals surface area contributed by atoms with Crippen molar-refractivity contribution in [3.8, 4) is 11.1 Å². The van der Waals surface area contributed by atoms with Crippen molar-refractivity contribution in [3.63, 3.8) is 0 Å². The van der Waals surface area contributed by atoms with E-state index in [4.69, 9.17) is 0 Å². The summed E-state index contributed by atoms with van der Waals surface area (Å²) in [6.45, 7) is -0.248. The van der Waals surface area contributed by atoms with Crippen molar-refractivity contribution in [3.05, 3.63) is 99.8 Å². The Kier molecular flexibility index (Phi) is 7.08. The summed E-state index contributed by atoms with van der Waals surface area (Å²) in [7, 11) is -4.72. The van der Waals surface area contributed by atoms with Gasteiger partial charge in [-0.1, -0.05) is 54.6 Å². The molecule has 12 heteroatoms. The minimum atomic E-state index is -4.76. The molecule has 1 aliphatic heterocycles. The van der Waals surface area contributed by atoms with Crippen molar-refractivity contribution in [2.75, 3.05) is 13.1 Å². The first kappa shape index (κ1) is 28.2. The van der Waals surface area contributed by atoms with Crippen LogP contribution in [0, 0.1) is 0 Å². The number of ketones is 1. The van der Waals surface area contributed by atoms with Gasteiger partial charge in [0.2, 0.25) is 0 Å². The van der Waals surface area contributed by atoms with Crippen molar-refractivity contribution in [1.82, 2.24) is 8.87 Å². The molecular weight excluding hydrogens is 561 g/mol. The number of carbonyl (C=O) groups excluding carboxylic acids is 1. The number of Topliss-reactive ketones (excluding diaryl/α,β-unsaturated/α-hetero) is 1. The van der Waals surface area contributed by atoms with E-state index in [-0.39, 0.29) is 23.1 Å². The van der Waals surface area contributed by atoms with Gasteiger partial charge in [0.05, 0.1) is 12.1 Å². The number of aromatic nitrogens is 1. The summed E-state index contributed by atoms with van der Waals surface area (Å²) in [5.41, 5.74) is -1.64. The summed E-state index contributed by atoms with van der Waals surface area (Å²) in [6, 6.07) is 16.0. The normalized spacial score (nSPS) is 16.8. The maximum Gasteiger partial charge on any atom is 0.416 e. The van der Waals surface area contributed by atoms with Crippen LogP contribution in [0.4, 0.5) is 13.2 Å². The number of carbonyl (C=O) groups is 2. The van der Waals surface area contributed by atoms with E-state index >= 15 is 0 Å². The Balaban J connectivity index is 1.88. The third-order valence-electron chi connectivity index (χ3n) is 6.98. The zero-order valence-corrected chi connectivity index (χ0v) is 22.4. The summed E-state index contributed by atoms with van der Waals surface area (Å²) in [6.07, 6.45) is -4.81. The highest BCUT2D eigenvalue weighted by molar-refractivity contribution is 7.89. The molecule has 0 bridgehead atoms. The molecule has 1 aromatic heterocycles. The van der Waals surface area contributed by atoms with Crippen LogP contribution in [0.2, 0.25) is 0 Å². The van der Waals surface area contributed by atoms with Gasteiger partial charge in [-0.2, -0.15) is 17.5 Å². The third-order valence-corrected chi connectivity index (χ3v) is 8.83. The minimum Gasteiger partial charge on any atom is -0.480 e. The number of fused-ring (bicyclic) bond motifs is 2. The molecule has 0 amide bonds. The van der Waals surface area contributed by atoms with Gasteiger partial charge in [0, 0.05) is 18.2 Å². The van der Waals surface area contributed by atoms with Gasteiger partial charge in [0.15, 0.2) is 5.03 Å². The number of hydrogen-bond acceptors (Lipinski definition) is 5. The summed E-state index contributed by atoms with van der Waals surface area (Å²) < 4.78 is 70.4. The van der Waals surface area contributed by atoms with E-state index in [2.05, 4.69) is 0 Å². The summed E-state index contributed by atoms with van der Waals surface area (Å²) in [4.78, 5) is 37.7. The first-order valence-corrected chi connectivity index (χ1v) is 13.9. The van der Waals surface area contributed by atoms with Crippen molar-refractivity contribution in [1.29, 1.82) is 0 Å². The van der Waals surface area contributed by atoms with Gasteiger partial charge in [-0.25, -0.2) is 13.2 Å². The number of aliphatic carboxylic acids is 1. The number of alkyl halides is 3. The molecule has 1 aliphatic rings. The van der Waals surface area contributed by atoms with Crippen LogP contribution < -0.4 is 5.56 Å². The molecule has 212 valence electrons. The van der Waals surface area contributed by atoms with E-state index in [0.29, 0.717) is 14.4 Å². The van der Waals surface area contributed by atoms with Crippen LogP contribution in [-0.2, 0) is 32.2 Å². The quantitative estimate of drug-likeness (QED) is 0.357. The lowest BCUT2D eigenvalue weighted by Crippen LogP contribution is -2.50. The summed E-state index contributed by atoms with van der Waals surface area (Å²) >= 11 is 0. The van der Waals surface area contributed by atoms with E-state index in [1.165, 1.54) is 6.07 Å². The first-order chi connectivity index (χ1) is 19.3. The van der Waals surface area contributed by atoms with Gasteiger partial charge >= 0.3 is 12.1 Å². The Hall–Kier alpha value is -4.29. The van der Waals surface area contributed by atoms with E-state index in [1.54, 1.807) is 18.2 Å². The smallest absolute Gasteiger partial charge is 0.416 e. The molecule has 0 fully saturated rings. The second-order valence-corrected chi connectivity index (χ2v) is 11.7. The van der Waals surface area contributed by atoms with Gasteiger partial charge in [-0.3, -0.25) is 14.2 Å². The summed E-state index contributed by atoms with van der Waals surface area (Å²) in [5.74, 6) is -2.12. The predicted octanol–water partition coefficient (Wildman–Crippen LogP) is 4.50. The predicted molar refractivity (Wildman–Crippen MR) is 144 cm³/mol. The molecule has 4 aromatic rings. The van der Waals surface area contributed by atoms with Crippen LogP contribution in [0.5, 0.6) is 0 Å². The van der Waals surface area contributed by atoms with Crippen molar-refractivity contribution >= 4 is 32.5 Å². The Labute approximate surface area is 232 Å². The number of pyridine rings is 1. The zero-order valence-electron chi connectivity index (χ0n) is 21.6. The van der Waals surface area contributed by atoms with E-state index in [1.807, 2.05) is 24.3 Å². The lowest BCUT2D eigenvalue weighted by atomic mass is 9.93.